The SMILES string of the molecule is Cc1ccccc1[C@@H](CC(F)(F)F)C1NCc2cc(C(N)=O)ccc21. The molecule has 0 aliphatic carbocycles. The van der Waals surface area contributed by atoms with Gasteiger partial charge in [0.15, 0.2) is 0 Å². The molecule has 0 spiro atoms. The maximum Gasteiger partial charge on any atom is 0.389 e. The normalized spacial score (nSPS) is 18.0. The molecule has 0 aromatic heterocycles. The summed E-state index contributed by atoms with van der Waals surface area (Å²) in [5.74, 6) is -1.28. The van der Waals surface area contributed by atoms with Crippen LogP contribution < -0.4 is 11.1 Å². The Morgan fingerprint density at radius 3 is 2.64 bits per heavy atom. The maximum absolute atomic E-state index is 13.2. The molecular weight excluding hydrogens is 329 g/mol. The van der Waals surface area contributed by atoms with E-state index in [4.69, 9.17) is 5.73 Å². The number of carbonyl (C=O) groups excluding carboxylic acids is 1. The van der Waals surface area contributed by atoms with Crippen LogP contribution in [0.3, 0.4) is 0 Å². The van der Waals surface area contributed by atoms with Gasteiger partial charge in [-0.05, 0) is 41.3 Å². The van der Waals surface area contributed by atoms with Gasteiger partial charge in [-0.3, -0.25) is 4.79 Å². The summed E-state index contributed by atoms with van der Waals surface area (Å²) in [5, 5.41) is 3.18. The van der Waals surface area contributed by atoms with Crippen LogP contribution in [0.4, 0.5) is 13.2 Å². The summed E-state index contributed by atoms with van der Waals surface area (Å²) in [6.07, 6.45) is -5.18. The topological polar surface area (TPSA) is 55.1 Å². The third-order valence-electron chi connectivity index (χ3n) is 4.72. The van der Waals surface area contributed by atoms with Crippen molar-refractivity contribution in [1.29, 1.82) is 0 Å². The molecule has 2 aromatic rings. The van der Waals surface area contributed by atoms with E-state index in [0.717, 1.165) is 16.7 Å². The van der Waals surface area contributed by atoms with Crippen molar-refractivity contribution in [2.45, 2.75) is 38.0 Å². The van der Waals surface area contributed by atoms with E-state index in [1.165, 1.54) is 0 Å². The molecule has 132 valence electrons. The number of primary amides is 1. The van der Waals surface area contributed by atoms with Gasteiger partial charge in [0.05, 0.1) is 6.42 Å². The quantitative estimate of drug-likeness (QED) is 0.878. The van der Waals surface area contributed by atoms with Crippen molar-refractivity contribution in [1.82, 2.24) is 5.32 Å². The zero-order valence-electron chi connectivity index (χ0n) is 13.7. The van der Waals surface area contributed by atoms with Crippen molar-refractivity contribution < 1.29 is 18.0 Å². The molecule has 1 aliphatic heterocycles. The van der Waals surface area contributed by atoms with Crippen molar-refractivity contribution in [3.8, 4) is 0 Å². The van der Waals surface area contributed by atoms with Gasteiger partial charge in [0.1, 0.15) is 0 Å². The van der Waals surface area contributed by atoms with Crippen molar-refractivity contribution in [3.05, 3.63) is 70.3 Å². The number of nitrogens with one attached hydrogen (secondary N) is 1. The van der Waals surface area contributed by atoms with Crippen molar-refractivity contribution in [2.75, 3.05) is 0 Å². The van der Waals surface area contributed by atoms with Crippen LogP contribution in [0, 0.1) is 6.92 Å². The average Bonchev–Trinajstić information content (AvgIpc) is 2.95. The Morgan fingerprint density at radius 1 is 1.28 bits per heavy atom. The molecule has 1 unspecified atom stereocenters. The lowest BCUT2D eigenvalue weighted by atomic mass is 9.82. The van der Waals surface area contributed by atoms with Crippen LogP contribution in [0.25, 0.3) is 0 Å². The van der Waals surface area contributed by atoms with Gasteiger partial charge < -0.3 is 11.1 Å². The number of amides is 1. The van der Waals surface area contributed by atoms with Crippen LogP contribution in [0.2, 0.25) is 0 Å². The van der Waals surface area contributed by atoms with E-state index in [1.807, 2.05) is 19.1 Å². The van der Waals surface area contributed by atoms with E-state index in [0.29, 0.717) is 17.7 Å². The van der Waals surface area contributed by atoms with Gasteiger partial charge in [-0.1, -0.05) is 30.3 Å². The Bertz CT molecular complexity index is 801. The largest absolute Gasteiger partial charge is 0.389 e. The number of halogens is 3. The molecule has 3 rings (SSSR count). The van der Waals surface area contributed by atoms with Gasteiger partial charge in [-0.15, -0.1) is 0 Å². The van der Waals surface area contributed by atoms with Gasteiger partial charge in [-0.2, -0.15) is 13.2 Å². The first-order valence-electron chi connectivity index (χ1n) is 8.04. The first-order chi connectivity index (χ1) is 11.8. The Kier molecular flexibility index (Phi) is 4.56. The molecule has 1 amide bonds. The summed E-state index contributed by atoms with van der Waals surface area (Å²) in [5.41, 5.74) is 8.79. The first kappa shape index (κ1) is 17.5. The van der Waals surface area contributed by atoms with Crippen LogP contribution in [0.5, 0.6) is 0 Å². The fourth-order valence-corrected chi connectivity index (χ4v) is 3.56. The predicted molar refractivity (Wildman–Crippen MR) is 89.1 cm³/mol. The summed E-state index contributed by atoms with van der Waals surface area (Å²) in [6, 6.07) is 11.6. The van der Waals surface area contributed by atoms with Crippen molar-refractivity contribution in [3.63, 3.8) is 0 Å². The fourth-order valence-electron chi connectivity index (χ4n) is 3.56. The second-order valence-corrected chi connectivity index (χ2v) is 6.42. The highest BCUT2D eigenvalue weighted by atomic mass is 19.4. The number of hydrogen-bond acceptors (Lipinski definition) is 2. The monoisotopic (exact) mass is 348 g/mol. The third kappa shape index (κ3) is 3.69. The molecule has 1 aliphatic rings. The van der Waals surface area contributed by atoms with E-state index >= 15 is 0 Å². The van der Waals surface area contributed by atoms with E-state index in [1.54, 1.807) is 30.3 Å². The lowest BCUT2D eigenvalue weighted by molar-refractivity contribution is -0.140. The Labute approximate surface area is 144 Å². The Hall–Kier alpha value is -2.34. The number of nitrogens with two attached hydrogens (primary N) is 1. The Morgan fingerprint density at radius 2 is 2.00 bits per heavy atom. The van der Waals surface area contributed by atoms with Gasteiger partial charge in [0.2, 0.25) is 5.91 Å². The van der Waals surface area contributed by atoms with Gasteiger partial charge in [0.25, 0.3) is 0 Å². The van der Waals surface area contributed by atoms with E-state index < -0.39 is 30.5 Å². The van der Waals surface area contributed by atoms with Crippen LogP contribution >= 0.6 is 0 Å². The molecule has 1 heterocycles. The van der Waals surface area contributed by atoms with Crippen molar-refractivity contribution >= 4 is 5.91 Å². The summed E-state index contributed by atoms with van der Waals surface area (Å²) >= 11 is 0. The average molecular weight is 348 g/mol. The number of benzene rings is 2. The molecule has 0 saturated heterocycles. The van der Waals surface area contributed by atoms with Gasteiger partial charge in [0, 0.05) is 24.1 Å². The molecular formula is C19H19F3N2O. The standard InChI is InChI=1S/C19H19F3N2O/c1-11-4-2-3-5-14(11)16(9-19(20,21)22)17-15-7-6-12(18(23)25)8-13(15)10-24-17/h2-8,16-17,24H,9-10H2,1H3,(H2,23,25)/t16-,17?/m1/s1. The lowest BCUT2D eigenvalue weighted by Gasteiger charge is -2.27. The smallest absolute Gasteiger partial charge is 0.366 e. The lowest BCUT2D eigenvalue weighted by Crippen LogP contribution is -2.26. The molecule has 0 radical (unpaired) electrons. The summed E-state index contributed by atoms with van der Waals surface area (Å²) < 4.78 is 39.7. The zero-order chi connectivity index (χ0) is 18.2. The van der Waals surface area contributed by atoms with E-state index in [9.17, 15) is 18.0 Å². The molecule has 0 saturated carbocycles. The van der Waals surface area contributed by atoms with Gasteiger partial charge in [-0.25, -0.2) is 0 Å². The predicted octanol–water partition coefficient (Wildman–Crippen LogP) is 3.97. The Balaban J connectivity index is 2.02. The number of alkyl halides is 3. The summed E-state index contributed by atoms with van der Waals surface area (Å²) in [7, 11) is 0. The van der Waals surface area contributed by atoms with Crippen LogP contribution in [0.1, 0.15) is 51.0 Å². The highest BCUT2D eigenvalue weighted by molar-refractivity contribution is 5.93. The van der Waals surface area contributed by atoms with Gasteiger partial charge >= 0.3 is 6.18 Å². The molecule has 3 N–H and O–H groups in total. The minimum atomic E-state index is -4.27. The van der Waals surface area contributed by atoms with Crippen molar-refractivity contribution in [2.24, 2.45) is 5.73 Å². The highest BCUT2D eigenvalue weighted by Gasteiger charge is 2.39. The van der Waals surface area contributed by atoms with Crippen LogP contribution in [-0.2, 0) is 6.54 Å². The number of hydrogen-bond donors (Lipinski definition) is 2. The number of carbonyl (C=O) groups is 1. The number of rotatable bonds is 4. The molecule has 25 heavy (non-hydrogen) atoms. The summed E-state index contributed by atoms with van der Waals surface area (Å²) in [4.78, 5) is 11.3. The maximum atomic E-state index is 13.2. The minimum absolute atomic E-state index is 0.365. The summed E-state index contributed by atoms with van der Waals surface area (Å²) in [6.45, 7) is 2.24. The molecule has 3 nitrogen and oxygen atoms in total. The minimum Gasteiger partial charge on any atom is -0.366 e. The molecule has 0 bridgehead atoms. The third-order valence-corrected chi connectivity index (χ3v) is 4.72. The highest BCUT2D eigenvalue weighted by Crippen LogP contribution is 2.44. The first-order valence-corrected chi connectivity index (χ1v) is 8.04. The fraction of sp³-hybridized carbons (Fsp3) is 0.316. The van der Waals surface area contributed by atoms with E-state index in [-0.39, 0.29) is 0 Å². The van der Waals surface area contributed by atoms with Crippen LogP contribution in [0.15, 0.2) is 42.5 Å². The van der Waals surface area contributed by atoms with E-state index in [2.05, 4.69) is 5.32 Å². The molecule has 2 atom stereocenters. The second kappa shape index (κ2) is 6.52. The number of fused-ring (bicyclic) bond motifs is 1. The molecule has 0 fully saturated rings. The number of aryl methyl sites for hydroxylation is 1. The molecule has 2 aromatic carbocycles. The molecule has 6 heteroatoms. The second-order valence-electron chi connectivity index (χ2n) is 6.42. The van der Waals surface area contributed by atoms with Crippen LogP contribution in [-0.4, -0.2) is 12.1 Å². The zero-order valence-corrected chi connectivity index (χ0v) is 13.7.